The number of hydrogen-bond acceptors (Lipinski definition) is 4. The first-order valence-electron chi connectivity index (χ1n) is 11.4. The van der Waals surface area contributed by atoms with Crippen molar-refractivity contribution in [1.82, 2.24) is 9.47 Å². The van der Waals surface area contributed by atoms with Gasteiger partial charge in [0.1, 0.15) is 0 Å². The lowest BCUT2D eigenvalue weighted by molar-refractivity contribution is -0.122. The summed E-state index contributed by atoms with van der Waals surface area (Å²) in [6.45, 7) is 0.282. The molecule has 176 valence electrons. The molecule has 5 N–H and O–H groups in total. The summed E-state index contributed by atoms with van der Waals surface area (Å²) in [6, 6.07) is 11.0. The van der Waals surface area contributed by atoms with Crippen LogP contribution in [0.15, 0.2) is 48.7 Å². The van der Waals surface area contributed by atoms with Crippen molar-refractivity contribution in [2.75, 3.05) is 11.9 Å². The predicted octanol–water partition coefficient (Wildman–Crippen LogP) is 3.84. The zero-order valence-corrected chi connectivity index (χ0v) is 19.3. The molecular weight excluding hydrogens is 454 g/mol. The highest BCUT2D eigenvalue weighted by atomic mass is 35.5. The van der Waals surface area contributed by atoms with Crippen molar-refractivity contribution in [1.29, 1.82) is 0 Å². The molecule has 3 amide bonds. The maximum atomic E-state index is 13.3. The second kappa shape index (κ2) is 8.77. The number of para-hydroxylation sites is 1. The van der Waals surface area contributed by atoms with E-state index in [-0.39, 0.29) is 24.3 Å². The van der Waals surface area contributed by atoms with Crippen LogP contribution in [0.5, 0.6) is 0 Å². The van der Waals surface area contributed by atoms with Crippen LogP contribution in [0.25, 0.3) is 10.9 Å². The van der Waals surface area contributed by atoms with Gasteiger partial charge in [0.2, 0.25) is 0 Å². The quantitative estimate of drug-likeness (QED) is 0.525. The van der Waals surface area contributed by atoms with Crippen molar-refractivity contribution >= 4 is 46.0 Å². The Morgan fingerprint density at radius 3 is 2.74 bits per heavy atom. The molecule has 0 saturated carbocycles. The fourth-order valence-corrected chi connectivity index (χ4v) is 5.48. The van der Waals surface area contributed by atoms with Gasteiger partial charge in [-0.25, -0.2) is 9.59 Å². The molecule has 2 aromatic carbocycles. The van der Waals surface area contributed by atoms with Gasteiger partial charge in [0.05, 0.1) is 17.2 Å². The molecule has 0 bridgehead atoms. The van der Waals surface area contributed by atoms with Crippen molar-refractivity contribution < 1.29 is 14.4 Å². The average Bonchev–Trinajstić information content (AvgIpc) is 3.49. The Morgan fingerprint density at radius 2 is 1.94 bits per heavy atom. The van der Waals surface area contributed by atoms with Gasteiger partial charge in [-0.15, -0.1) is 0 Å². The van der Waals surface area contributed by atoms with Crippen molar-refractivity contribution in [3.8, 4) is 0 Å². The molecule has 1 fully saturated rings. The molecule has 2 aliphatic rings. The van der Waals surface area contributed by atoms with Crippen LogP contribution in [0.2, 0.25) is 5.02 Å². The summed E-state index contributed by atoms with van der Waals surface area (Å²) in [4.78, 5) is 39.9. The molecule has 0 spiro atoms. The zero-order valence-electron chi connectivity index (χ0n) is 18.5. The molecule has 1 aliphatic carbocycles. The molecule has 3 aromatic rings. The van der Waals surface area contributed by atoms with Crippen molar-refractivity contribution in [2.45, 2.75) is 43.7 Å². The number of nitrogens with two attached hydrogens (primary N) is 2. The smallest absolute Gasteiger partial charge is 0.323 e. The second-order valence-corrected chi connectivity index (χ2v) is 9.55. The number of Topliss-reactive ketones (excluding diaryl/α,β-unsaturated/α-hetero) is 1. The van der Waals surface area contributed by atoms with Crippen LogP contribution in [0.4, 0.5) is 15.3 Å². The Bertz CT molecular complexity index is 1300. The number of aromatic nitrogens is 1. The third-order valence-electron chi connectivity index (χ3n) is 6.91. The Balaban J connectivity index is 1.34. The van der Waals surface area contributed by atoms with E-state index in [0.29, 0.717) is 34.5 Å². The summed E-state index contributed by atoms with van der Waals surface area (Å²) < 4.78 is 1.28. The van der Waals surface area contributed by atoms with Gasteiger partial charge in [-0.05, 0) is 54.5 Å². The molecule has 9 heteroatoms. The molecule has 2 heterocycles. The first-order valence-corrected chi connectivity index (χ1v) is 11.7. The largest absolute Gasteiger partial charge is 0.351 e. The molecule has 1 aromatic heterocycles. The third-order valence-corrected chi connectivity index (χ3v) is 7.15. The maximum absolute atomic E-state index is 13.3. The molecule has 1 aliphatic heterocycles. The number of rotatable bonds is 4. The van der Waals surface area contributed by atoms with Gasteiger partial charge in [-0.3, -0.25) is 9.36 Å². The average molecular weight is 480 g/mol. The fraction of sp³-hybridized carbons (Fsp3) is 0.320. The Kier molecular flexibility index (Phi) is 5.79. The van der Waals surface area contributed by atoms with Crippen molar-refractivity contribution in [3.05, 3.63) is 64.8 Å². The second-order valence-electron chi connectivity index (χ2n) is 9.11. The van der Waals surface area contributed by atoms with E-state index < -0.39 is 18.1 Å². The lowest BCUT2D eigenvalue weighted by atomic mass is 9.92. The van der Waals surface area contributed by atoms with Crippen molar-refractivity contribution in [3.63, 3.8) is 0 Å². The molecule has 1 saturated heterocycles. The van der Waals surface area contributed by atoms with Gasteiger partial charge in [0.15, 0.2) is 5.78 Å². The SMILES string of the molecule is NC(=O)n1cc(NC(=O)N2C[C@@H](N)C[C@H]2C(=O)CC2CCc3ccc(Cl)cc32)c2ccccc21. The molecule has 0 radical (unpaired) electrons. The summed E-state index contributed by atoms with van der Waals surface area (Å²) in [6.07, 6.45) is 4.07. The van der Waals surface area contributed by atoms with Gasteiger partial charge in [-0.2, -0.15) is 0 Å². The van der Waals surface area contributed by atoms with Crippen LogP contribution in [0, 0.1) is 0 Å². The summed E-state index contributed by atoms with van der Waals surface area (Å²) in [7, 11) is 0. The topological polar surface area (TPSA) is 123 Å². The van der Waals surface area contributed by atoms with Gasteiger partial charge in [-0.1, -0.05) is 35.9 Å². The first-order chi connectivity index (χ1) is 16.3. The van der Waals surface area contributed by atoms with Crippen LogP contribution < -0.4 is 16.8 Å². The van der Waals surface area contributed by atoms with E-state index in [9.17, 15) is 14.4 Å². The highest BCUT2D eigenvalue weighted by molar-refractivity contribution is 6.30. The number of hydrogen-bond donors (Lipinski definition) is 3. The Hall–Kier alpha value is -3.36. The van der Waals surface area contributed by atoms with Crippen LogP contribution in [-0.4, -0.2) is 45.9 Å². The van der Waals surface area contributed by atoms with Gasteiger partial charge < -0.3 is 21.7 Å². The maximum Gasteiger partial charge on any atom is 0.323 e. The zero-order chi connectivity index (χ0) is 24.0. The molecule has 1 unspecified atom stereocenters. The summed E-state index contributed by atoms with van der Waals surface area (Å²) >= 11 is 6.18. The lowest BCUT2D eigenvalue weighted by Gasteiger charge is -2.25. The summed E-state index contributed by atoms with van der Waals surface area (Å²) in [5.41, 5.74) is 15.0. The summed E-state index contributed by atoms with van der Waals surface area (Å²) in [5, 5.41) is 4.20. The minimum Gasteiger partial charge on any atom is -0.351 e. The van der Waals surface area contributed by atoms with Gasteiger partial charge >= 0.3 is 12.1 Å². The first kappa shape index (κ1) is 22.4. The van der Waals surface area contributed by atoms with E-state index in [1.807, 2.05) is 24.3 Å². The number of carbonyl (C=O) groups is 3. The highest BCUT2D eigenvalue weighted by Gasteiger charge is 2.39. The number of primary amides is 1. The number of anilines is 1. The number of halogens is 1. The number of nitrogens with one attached hydrogen (secondary N) is 1. The van der Waals surface area contributed by atoms with Crippen LogP contribution in [-0.2, 0) is 11.2 Å². The van der Waals surface area contributed by atoms with E-state index in [0.717, 1.165) is 18.4 Å². The Labute approximate surface area is 201 Å². The minimum atomic E-state index is -0.648. The molecule has 3 atom stereocenters. The molecule has 5 rings (SSSR count). The number of fused-ring (bicyclic) bond motifs is 2. The van der Waals surface area contributed by atoms with Crippen LogP contribution in [0.1, 0.15) is 36.3 Å². The molecule has 34 heavy (non-hydrogen) atoms. The standard InChI is InChI=1S/C25H26ClN5O3/c26-16-8-7-14-5-6-15(19(14)10-16)9-23(32)22-11-17(27)12-31(22)25(34)29-20-13-30(24(28)33)21-4-2-1-3-18(20)21/h1-4,7-8,10,13,15,17,22H,5-6,9,11-12,27H2,(H2,28,33)(H,29,34)/t15?,17-,22-/m0/s1. The predicted molar refractivity (Wildman–Crippen MR) is 131 cm³/mol. The van der Waals surface area contributed by atoms with Crippen LogP contribution >= 0.6 is 11.6 Å². The number of nitrogens with zero attached hydrogens (tertiary/aromatic N) is 2. The van der Waals surface area contributed by atoms with Gasteiger partial charge in [0, 0.05) is 35.6 Å². The Morgan fingerprint density at radius 1 is 1.15 bits per heavy atom. The number of benzene rings is 2. The van der Waals surface area contributed by atoms with Crippen molar-refractivity contribution in [2.24, 2.45) is 11.5 Å². The number of likely N-dealkylation sites (tertiary alicyclic amines) is 1. The van der Waals surface area contributed by atoms with E-state index in [1.54, 1.807) is 18.2 Å². The number of ketones is 1. The van der Waals surface area contributed by atoms with Crippen LogP contribution in [0.3, 0.4) is 0 Å². The summed E-state index contributed by atoms with van der Waals surface area (Å²) in [5.74, 6) is 0.0944. The number of urea groups is 1. The van der Waals surface area contributed by atoms with E-state index in [1.165, 1.54) is 21.2 Å². The fourth-order valence-electron chi connectivity index (χ4n) is 5.30. The van der Waals surface area contributed by atoms with Gasteiger partial charge in [0.25, 0.3) is 0 Å². The number of carbonyl (C=O) groups excluding carboxylic acids is 3. The minimum absolute atomic E-state index is 0.000453. The third kappa shape index (κ3) is 4.03. The molecular formula is C25H26ClN5O3. The lowest BCUT2D eigenvalue weighted by Crippen LogP contribution is -2.43. The number of aryl methyl sites for hydroxylation is 1. The van der Waals surface area contributed by atoms with E-state index in [2.05, 4.69) is 5.32 Å². The monoisotopic (exact) mass is 479 g/mol. The van der Waals surface area contributed by atoms with E-state index >= 15 is 0 Å². The number of amides is 3. The van der Waals surface area contributed by atoms with E-state index in [4.69, 9.17) is 23.1 Å². The molecule has 8 nitrogen and oxygen atoms in total. The normalized spacial score (nSPS) is 21.6. The highest BCUT2D eigenvalue weighted by Crippen LogP contribution is 2.38.